The van der Waals surface area contributed by atoms with Gasteiger partial charge in [0.2, 0.25) is 15.9 Å². The van der Waals surface area contributed by atoms with Crippen LogP contribution in [0, 0.1) is 5.92 Å². The fourth-order valence-electron chi connectivity index (χ4n) is 1.56. The van der Waals surface area contributed by atoms with Crippen molar-refractivity contribution < 1.29 is 23.1 Å². The standard InChI is InChI=1S/C10H20N2O5S/c1-7(8(13)14)6-12(4)9(15)10(2,3)11-18(5,16)17/h7,11H,6H2,1-5H3,(H,13,14). The molecule has 1 atom stereocenters. The van der Waals surface area contributed by atoms with Crippen LogP contribution in [-0.2, 0) is 19.6 Å². The van der Waals surface area contributed by atoms with Crippen molar-refractivity contribution in [2.24, 2.45) is 5.92 Å². The number of carboxylic acids is 1. The van der Waals surface area contributed by atoms with E-state index in [0.717, 1.165) is 6.26 Å². The molecule has 0 aliphatic carbocycles. The molecule has 0 spiro atoms. The maximum atomic E-state index is 12.0. The quantitative estimate of drug-likeness (QED) is 0.682. The van der Waals surface area contributed by atoms with Crippen molar-refractivity contribution in [2.75, 3.05) is 19.8 Å². The first kappa shape index (κ1) is 16.9. The van der Waals surface area contributed by atoms with Gasteiger partial charge < -0.3 is 10.0 Å². The molecule has 106 valence electrons. The Bertz CT molecular complexity index is 430. The fourth-order valence-corrected chi connectivity index (χ4v) is 2.57. The van der Waals surface area contributed by atoms with Gasteiger partial charge in [0.05, 0.1) is 12.2 Å². The van der Waals surface area contributed by atoms with E-state index >= 15 is 0 Å². The lowest BCUT2D eigenvalue weighted by atomic mass is 10.0. The van der Waals surface area contributed by atoms with E-state index in [9.17, 15) is 18.0 Å². The van der Waals surface area contributed by atoms with Crippen LogP contribution in [0.1, 0.15) is 20.8 Å². The maximum Gasteiger partial charge on any atom is 0.308 e. The first-order valence-corrected chi connectivity index (χ1v) is 7.23. The summed E-state index contributed by atoms with van der Waals surface area (Å²) in [7, 11) is -2.08. The van der Waals surface area contributed by atoms with Crippen LogP contribution in [0.3, 0.4) is 0 Å². The molecule has 0 saturated heterocycles. The molecule has 0 bridgehead atoms. The summed E-state index contributed by atoms with van der Waals surface area (Å²) in [6.45, 7) is 4.35. The van der Waals surface area contributed by atoms with Crippen LogP contribution < -0.4 is 4.72 Å². The Hall–Kier alpha value is -1.15. The van der Waals surface area contributed by atoms with Crippen LogP contribution in [0.4, 0.5) is 0 Å². The zero-order valence-corrected chi connectivity index (χ0v) is 12.0. The fraction of sp³-hybridized carbons (Fsp3) is 0.800. The predicted octanol–water partition coefficient (Wildman–Crippen LogP) is -0.507. The molecule has 18 heavy (non-hydrogen) atoms. The minimum atomic E-state index is -3.52. The molecule has 0 aromatic heterocycles. The van der Waals surface area contributed by atoms with E-state index in [4.69, 9.17) is 5.11 Å². The number of amides is 1. The lowest BCUT2D eigenvalue weighted by Crippen LogP contribution is -2.55. The van der Waals surface area contributed by atoms with Crippen molar-refractivity contribution in [3.63, 3.8) is 0 Å². The number of carbonyl (C=O) groups is 2. The summed E-state index contributed by atoms with van der Waals surface area (Å²) in [5.74, 6) is -2.21. The van der Waals surface area contributed by atoms with Crippen LogP contribution in [0.15, 0.2) is 0 Å². The van der Waals surface area contributed by atoms with Gasteiger partial charge in [-0.05, 0) is 13.8 Å². The number of aliphatic carboxylic acids is 1. The first-order valence-electron chi connectivity index (χ1n) is 5.34. The van der Waals surface area contributed by atoms with Gasteiger partial charge in [0.25, 0.3) is 0 Å². The number of sulfonamides is 1. The third-order valence-corrected chi connectivity index (χ3v) is 3.17. The van der Waals surface area contributed by atoms with Gasteiger partial charge in [0, 0.05) is 13.6 Å². The molecule has 0 heterocycles. The van der Waals surface area contributed by atoms with Crippen LogP contribution in [0.2, 0.25) is 0 Å². The molecule has 0 aliphatic rings. The Balaban J connectivity index is 4.78. The molecule has 2 N–H and O–H groups in total. The second-order valence-electron chi connectivity index (χ2n) is 4.92. The van der Waals surface area contributed by atoms with Gasteiger partial charge in [-0.1, -0.05) is 6.92 Å². The second-order valence-corrected chi connectivity index (χ2v) is 6.67. The second kappa shape index (κ2) is 5.66. The summed E-state index contributed by atoms with van der Waals surface area (Å²) in [6.07, 6.45) is 0.960. The number of likely N-dealkylation sites (N-methyl/N-ethyl adjacent to an activating group) is 1. The van der Waals surface area contributed by atoms with Crippen molar-refractivity contribution in [3.8, 4) is 0 Å². The predicted molar refractivity (Wildman–Crippen MR) is 66.5 cm³/mol. The molecule has 0 radical (unpaired) electrons. The average Bonchev–Trinajstić information content (AvgIpc) is 2.12. The number of nitrogens with zero attached hydrogens (tertiary/aromatic N) is 1. The Morgan fingerprint density at radius 3 is 2.17 bits per heavy atom. The molecule has 0 aliphatic heterocycles. The Kier molecular flexibility index (Phi) is 5.30. The van der Waals surface area contributed by atoms with Gasteiger partial charge in [-0.3, -0.25) is 9.59 Å². The van der Waals surface area contributed by atoms with E-state index < -0.39 is 33.4 Å². The lowest BCUT2D eigenvalue weighted by molar-refractivity contribution is -0.143. The molecular weight excluding hydrogens is 260 g/mol. The zero-order valence-electron chi connectivity index (χ0n) is 11.2. The van der Waals surface area contributed by atoms with E-state index in [1.165, 1.54) is 32.7 Å². The highest BCUT2D eigenvalue weighted by Gasteiger charge is 2.34. The molecule has 0 saturated carbocycles. The number of carboxylic acid groups (broad SMARTS) is 1. The number of nitrogens with one attached hydrogen (secondary N) is 1. The van der Waals surface area contributed by atoms with Crippen molar-refractivity contribution in [1.29, 1.82) is 0 Å². The molecule has 8 heteroatoms. The number of hydrogen-bond acceptors (Lipinski definition) is 4. The Morgan fingerprint density at radius 2 is 1.83 bits per heavy atom. The summed E-state index contributed by atoms with van der Waals surface area (Å²) >= 11 is 0. The monoisotopic (exact) mass is 280 g/mol. The van der Waals surface area contributed by atoms with Gasteiger partial charge in [-0.2, -0.15) is 0 Å². The molecule has 0 aromatic carbocycles. The van der Waals surface area contributed by atoms with E-state index in [0.29, 0.717) is 0 Å². The van der Waals surface area contributed by atoms with Crippen molar-refractivity contribution in [1.82, 2.24) is 9.62 Å². The average molecular weight is 280 g/mol. The summed E-state index contributed by atoms with van der Waals surface area (Å²) < 4.78 is 24.5. The molecular formula is C10H20N2O5S. The van der Waals surface area contributed by atoms with Crippen molar-refractivity contribution in [2.45, 2.75) is 26.3 Å². The number of hydrogen-bond donors (Lipinski definition) is 2. The van der Waals surface area contributed by atoms with E-state index in [1.807, 2.05) is 0 Å². The van der Waals surface area contributed by atoms with Crippen LogP contribution in [-0.4, -0.2) is 55.7 Å². The summed E-state index contributed by atoms with van der Waals surface area (Å²) in [4.78, 5) is 23.9. The van der Waals surface area contributed by atoms with Crippen LogP contribution in [0.25, 0.3) is 0 Å². The van der Waals surface area contributed by atoms with Gasteiger partial charge in [0.1, 0.15) is 5.54 Å². The number of rotatable bonds is 6. The molecule has 0 rings (SSSR count). The molecule has 7 nitrogen and oxygen atoms in total. The smallest absolute Gasteiger partial charge is 0.308 e. The SMILES string of the molecule is CC(CN(C)C(=O)C(C)(C)NS(C)(=O)=O)C(=O)O. The maximum absolute atomic E-state index is 12.0. The normalized spacial score (nSPS) is 14.1. The third-order valence-electron chi connectivity index (χ3n) is 2.29. The topological polar surface area (TPSA) is 104 Å². The molecule has 0 fully saturated rings. The first-order chi connectivity index (χ1) is 7.87. The van der Waals surface area contributed by atoms with Crippen molar-refractivity contribution >= 4 is 21.9 Å². The summed E-state index contributed by atoms with van der Waals surface area (Å²) in [5, 5.41) is 8.75. The van der Waals surface area contributed by atoms with E-state index in [1.54, 1.807) is 0 Å². The summed E-state index contributed by atoms with van der Waals surface area (Å²) in [6, 6.07) is 0. The van der Waals surface area contributed by atoms with Crippen LogP contribution >= 0.6 is 0 Å². The largest absolute Gasteiger partial charge is 0.481 e. The zero-order chi connectivity index (χ0) is 14.7. The van der Waals surface area contributed by atoms with Gasteiger partial charge in [-0.25, -0.2) is 13.1 Å². The number of carbonyl (C=O) groups excluding carboxylic acids is 1. The molecule has 0 aromatic rings. The van der Waals surface area contributed by atoms with Crippen LogP contribution in [0.5, 0.6) is 0 Å². The minimum absolute atomic E-state index is 0.0169. The minimum Gasteiger partial charge on any atom is -0.481 e. The third kappa shape index (κ3) is 5.46. The molecule has 1 amide bonds. The van der Waals surface area contributed by atoms with Gasteiger partial charge in [-0.15, -0.1) is 0 Å². The van der Waals surface area contributed by atoms with Gasteiger partial charge in [0.15, 0.2) is 0 Å². The highest BCUT2D eigenvalue weighted by Crippen LogP contribution is 2.10. The van der Waals surface area contributed by atoms with E-state index in [-0.39, 0.29) is 6.54 Å². The Labute approximate surface area is 107 Å². The molecule has 1 unspecified atom stereocenters. The van der Waals surface area contributed by atoms with Crippen molar-refractivity contribution in [3.05, 3.63) is 0 Å². The Morgan fingerprint density at radius 1 is 1.39 bits per heavy atom. The van der Waals surface area contributed by atoms with Gasteiger partial charge >= 0.3 is 5.97 Å². The highest BCUT2D eigenvalue weighted by molar-refractivity contribution is 7.88. The highest BCUT2D eigenvalue weighted by atomic mass is 32.2. The summed E-state index contributed by atoms with van der Waals surface area (Å²) in [5.41, 5.74) is -1.31. The van der Waals surface area contributed by atoms with E-state index in [2.05, 4.69) is 4.72 Å². The lowest BCUT2D eigenvalue weighted by Gasteiger charge is -2.30.